The van der Waals surface area contributed by atoms with Crippen LogP contribution < -0.4 is 14.4 Å². The predicted octanol–water partition coefficient (Wildman–Crippen LogP) is 4.52. The van der Waals surface area contributed by atoms with E-state index in [9.17, 15) is 18.3 Å². The van der Waals surface area contributed by atoms with Crippen LogP contribution in [-0.4, -0.2) is 99.6 Å². The van der Waals surface area contributed by atoms with Crippen LogP contribution in [0.5, 0.6) is 5.75 Å². The molecule has 9 nitrogen and oxygen atoms in total. The van der Waals surface area contributed by atoms with Gasteiger partial charge in [-0.3, -0.25) is 9.69 Å². The lowest BCUT2D eigenvalue weighted by atomic mass is 9.70. The molecule has 1 aliphatic carbocycles. The smallest absolute Gasteiger partial charge is 0.264 e. The molecule has 0 unspecified atom stereocenters. The minimum atomic E-state index is -4.08. The summed E-state index contributed by atoms with van der Waals surface area (Å²) < 4.78 is 51.7. The quantitative estimate of drug-likeness (QED) is 0.486. The van der Waals surface area contributed by atoms with Gasteiger partial charge in [-0.1, -0.05) is 30.7 Å². The Bertz CT molecular complexity index is 1650. The first-order chi connectivity index (χ1) is 22.3. The van der Waals surface area contributed by atoms with E-state index in [4.69, 9.17) is 16.3 Å². The summed E-state index contributed by atoms with van der Waals surface area (Å²) in [5.74, 6) is -1.06. The number of nitrogens with zero attached hydrogens (tertiary/aromatic N) is 3. The lowest BCUT2D eigenvalue weighted by Gasteiger charge is -2.50. The Labute approximate surface area is 282 Å². The standard InChI is InChI=1S/C35H46ClFN4O5S/c1-22-7-11-29(37)33(31(42)19-39(3)4)41-15-13-27(41)18-40-20-35(14-5-6-24-16-26(36)9-10-28(24)35)21-46-32-12-8-25(17-30(32)40)34(43)38-47(44,45)23(22)2/h8-12,16-17,22-23,27,31,33,42H,5-7,13-15,18-21H2,1-4H3,(H,38,43)/b29-11-/t22-,23+,27-,31-,33+,35-/m0/s1. The van der Waals surface area contributed by atoms with E-state index < -0.39 is 45.1 Å². The molecule has 12 heteroatoms. The van der Waals surface area contributed by atoms with Crippen molar-refractivity contribution in [1.82, 2.24) is 14.5 Å². The van der Waals surface area contributed by atoms with Gasteiger partial charge < -0.3 is 19.6 Å². The number of amides is 1. The van der Waals surface area contributed by atoms with Crippen LogP contribution >= 0.6 is 11.6 Å². The molecule has 6 rings (SSSR count). The number of sulfonamides is 1. The van der Waals surface area contributed by atoms with E-state index in [1.807, 2.05) is 36.0 Å². The molecule has 0 aromatic heterocycles. The van der Waals surface area contributed by atoms with Crippen molar-refractivity contribution in [1.29, 1.82) is 0 Å². The second-order valence-corrected chi connectivity index (χ2v) is 16.7. The zero-order chi connectivity index (χ0) is 33.7. The van der Waals surface area contributed by atoms with E-state index in [1.165, 1.54) is 24.1 Å². The maximum atomic E-state index is 16.2. The van der Waals surface area contributed by atoms with Crippen molar-refractivity contribution >= 4 is 33.2 Å². The number of aryl methyl sites for hydroxylation is 1. The van der Waals surface area contributed by atoms with Gasteiger partial charge in [-0.05, 0) is 100 Å². The number of rotatable bonds is 3. The largest absolute Gasteiger partial charge is 0.490 e. The molecule has 6 atom stereocenters. The highest BCUT2D eigenvalue weighted by molar-refractivity contribution is 7.90. The molecule has 4 aliphatic rings. The Morgan fingerprint density at radius 1 is 1.21 bits per heavy atom. The van der Waals surface area contributed by atoms with Crippen molar-refractivity contribution in [2.24, 2.45) is 5.92 Å². The number of anilines is 1. The number of aliphatic hydroxyl groups excluding tert-OH is 1. The van der Waals surface area contributed by atoms with Gasteiger partial charge in [0.15, 0.2) is 0 Å². The molecule has 1 spiro atoms. The van der Waals surface area contributed by atoms with Gasteiger partial charge in [-0.15, -0.1) is 0 Å². The lowest BCUT2D eigenvalue weighted by Crippen LogP contribution is -2.62. The molecule has 3 heterocycles. The van der Waals surface area contributed by atoms with Crippen LogP contribution in [0.4, 0.5) is 10.1 Å². The van der Waals surface area contributed by atoms with Crippen LogP contribution in [0.2, 0.25) is 5.02 Å². The van der Waals surface area contributed by atoms with Gasteiger partial charge in [0.2, 0.25) is 10.0 Å². The molecule has 1 amide bonds. The predicted molar refractivity (Wildman–Crippen MR) is 182 cm³/mol. The number of likely N-dealkylation sites (N-methyl/N-ethyl adjacent to an activating group) is 1. The number of hydrogen-bond donors (Lipinski definition) is 2. The molecule has 2 aromatic carbocycles. The number of allylic oxidation sites excluding steroid dienone is 1. The maximum absolute atomic E-state index is 16.2. The summed E-state index contributed by atoms with van der Waals surface area (Å²) in [5, 5.41) is 11.1. The van der Waals surface area contributed by atoms with Crippen LogP contribution in [0.25, 0.3) is 0 Å². The number of hydrogen-bond acceptors (Lipinski definition) is 8. The van der Waals surface area contributed by atoms with E-state index in [0.29, 0.717) is 42.7 Å². The van der Waals surface area contributed by atoms with Crippen molar-refractivity contribution < 1.29 is 27.4 Å². The fourth-order valence-electron chi connectivity index (χ4n) is 7.77. The Balaban J connectivity index is 1.45. The normalized spacial score (nSPS) is 31.4. The first kappa shape index (κ1) is 34.2. The van der Waals surface area contributed by atoms with Crippen molar-refractivity contribution in [3.63, 3.8) is 0 Å². The average Bonchev–Trinajstić information content (AvgIpc) is 3.15. The number of halogens is 2. The SMILES string of the molecule is C[C@@H]1[C@@H](C)C/C=C(\F)[C@H]([C@@H](O)CN(C)C)N2CC[C@H]2CN2C[C@@]3(CCCc4cc(Cl)ccc43)COc3ccc(cc32)C(=O)NS1(=O)=O. The zero-order valence-corrected chi connectivity index (χ0v) is 29.2. The Morgan fingerprint density at radius 2 is 2.00 bits per heavy atom. The van der Waals surface area contributed by atoms with E-state index >= 15 is 4.39 Å². The molecule has 2 aromatic rings. The van der Waals surface area contributed by atoms with Crippen LogP contribution in [0.15, 0.2) is 48.3 Å². The Kier molecular flexibility index (Phi) is 9.68. The molecular formula is C35H46ClFN4O5S. The van der Waals surface area contributed by atoms with E-state index in [0.717, 1.165) is 25.7 Å². The molecule has 0 radical (unpaired) electrons. The number of benzene rings is 2. The third-order valence-corrected chi connectivity index (χ3v) is 12.8. The van der Waals surface area contributed by atoms with Crippen LogP contribution in [0.3, 0.4) is 0 Å². The van der Waals surface area contributed by atoms with Gasteiger partial charge in [0.05, 0.1) is 29.7 Å². The molecule has 2 bridgehead atoms. The fourth-order valence-corrected chi connectivity index (χ4v) is 9.25. The van der Waals surface area contributed by atoms with Gasteiger partial charge in [-0.25, -0.2) is 17.5 Å². The number of aliphatic hydroxyl groups is 1. The van der Waals surface area contributed by atoms with E-state index in [2.05, 4.69) is 15.7 Å². The van der Waals surface area contributed by atoms with Gasteiger partial charge >= 0.3 is 0 Å². The first-order valence-electron chi connectivity index (χ1n) is 16.6. The molecule has 1 saturated heterocycles. The fraction of sp³-hybridized carbons (Fsp3) is 0.571. The molecule has 3 aliphatic heterocycles. The number of nitrogens with one attached hydrogen (secondary N) is 1. The third-order valence-electron chi connectivity index (χ3n) is 10.7. The highest BCUT2D eigenvalue weighted by Gasteiger charge is 2.45. The van der Waals surface area contributed by atoms with Crippen molar-refractivity contribution in [2.45, 2.75) is 74.8 Å². The van der Waals surface area contributed by atoms with Crippen LogP contribution in [-0.2, 0) is 21.9 Å². The molecule has 256 valence electrons. The summed E-state index contributed by atoms with van der Waals surface area (Å²) in [6.45, 7) is 5.66. The van der Waals surface area contributed by atoms with E-state index in [1.54, 1.807) is 25.1 Å². The van der Waals surface area contributed by atoms with Gasteiger partial charge in [0.25, 0.3) is 5.91 Å². The summed E-state index contributed by atoms with van der Waals surface area (Å²) in [4.78, 5) is 19.6. The number of fused-ring (bicyclic) bond motifs is 4. The van der Waals surface area contributed by atoms with Gasteiger partial charge in [0, 0.05) is 48.2 Å². The first-order valence-corrected chi connectivity index (χ1v) is 18.5. The topological polar surface area (TPSA) is 102 Å². The minimum Gasteiger partial charge on any atom is -0.490 e. The summed E-state index contributed by atoms with van der Waals surface area (Å²) in [6, 6.07) is 10.2. The second kappa shape index (κ2) is 13.3. The van der Waals surface area contributed by atoms with Crippen LogP contribution in [0, 0.1) is 5.92 Å². The molecule has 1 fully saturated rings. The number of carbonyl (C=O) groups excluding carboxylic acids is 1. The van der Waals surface area contributed by atoms with Crippen LogP contribution in [0.1, 0.15) is 61.0 Å². The number of ether oxygens (including phenoxy) is 1. The van der Waals surface area contributed by atoms with Crippen molar-refractivity contribution in [3.8, 4) is 5.75 Å². The monoisotopic (exact) mass is 688 g/mol. The minimum absolute atomic E-state index is 0.0747. The highest BCUT2D eigenvalue weighted by atomic mass is 35.5. The summed E-state index contributed by atoms with van der Waals surface area (Å²) in [7, 11) is -0.393. The average molecular weight is 689 g/mol. The molecule has 2 N–H and O–H groups in total. The Morgan fingerprint density at radius 3 is 2.72 bits per heavy atom. The summed E-state index contributed by atoms with van der Waals surface area (Å²) in [5.41, 5.74) is 2.94. The maximum Gasteiger partial charge on any atom is 0.264 e. The highest BCUT2D eigenvalue weighted by Crippen LogP contribution is 2.45. The second-order valence-electron chi connectivity index (χ2n) is 14.2. The summed E-state index contributed by atoms with van der Waals surface area (Å²) in [6.07, 6.45) is 4.16. The molecule has 47 heavy (non-hydrogen) atoms. The molecule has 0 saturated carbocycles. The summed E-state index contributed by atoms with van der Waals surface area (Å²) >= 11 is 6.41. The molecular weight excluding hydrogens is 643 g/mol. The van der Waals surface area contributed by atoms with Gasteiger partial charge in [-0.2, -0.15) is 0 Å². The van der Waals surface area contributed by atoms with E-state index in [-0.39, 0.29) is 30.0 Å². The van der Waals surface area contributed by atoms with Crippen molar-refractivity contribution in [3.05, 3.63) is 70.0 Å². The zero-order valence-electron chi connectivity index (χ0n) is 27.6. The third kappa shape index (κ3) is 6.79. The van der Waals surface area contributed by atoms with Gasteiger partial charge in [0.1, 0.15) is 11.6 Å². The Hall–Kier alpha value is -2.70. The number of carbonyl (C=O) groups is 1. The van der Waals surface area contributed by atoms with Crippen molar-refractivity contribution in [2.75, 3.05) is 51.8 Å². The lowest BCUT2D eigenvalue weighted by molar-refractivity contribution is -0.0235.